The van der Waals surface area contributed by atoms with Gasteiger partial charge in [0.2, 0.25) is 0 Å². The van der Waals surface area contributed by atoms with Crippen LogP contribution < -0.4 is 10.6 Å². The summed E-state index contributed by atoms with van der Waals surface area (Å²) in [6.07, 6.45) is 9.95. The molecule has 1 fully saturated rings. The van der Waals surface area contributed by atoms with Crippen LogP contribution in [-0.4, -0.2) is 42.1 Å². The van der Waals surface area contributed by atoms with Gasteiger partial charge in [-0.25, -0.2) is 19.3 Å². The normalized spacial score (nSPS) is 19.6. The molecule has 2 N–H and O–H groups in total. The second kappa shape index (κ2) is 9.65. The fourth-order valence-electron chi connectivity index (χ4n) is 4.96. The molecule has 0 atom stereocenters. The van der Waals surface area contributed by atoms with Crippen molar-refractivity contribution in [1.82, 2.24) is 29.4 Å². The molecule has 4 aromatic heterocycles. The van der Waals surface area contributed by atoms with E-state index in [1.807, 2.05) is 36.7 Å². The highest BCUT2D eigenvalue weighted by Gasteiger charge is 2.40. The van der Waals surface area contributed by atoms with Crippen LogP contribution >= 0.6 is 0 Å². The van der Waals surface area contributed by atoms with Gasteiger partial charge in [0.25, 0.3) is 5.91 Å². The van der Waals surface area contributed by atoms with Crippen LogP contribution in [0.1, 0.15) is 61.3 Å². The van der Waals surface area contributed by atoms with Crippen LogP contribution in [0.4, 0.5) is 10.1 Å². The van der Waals surface area contributed by atoms with Crippen LogP contribution in [0.5, 0.6) is 0 Å². The smallest absolute Gasteiger partial charge is 0.255 e. The largest absolute Gasteiger partial charge is 0.382 e. The minimum absolute atomic E-state index is 0.0825. The predicted octanol–water partition coefficient (Wildman–Crippen LogP) is 4.38. The molecule has 37 heavy (non-hydrogen) atoms. The Bertz CT molecular complexity index is 1490. The van der Waals surface area contributed by atoms with Crippen LogP contribution in [0.25, 0.3) is 16.9 Å². The first kappa shape index (κ1) is 24.4. The summed E-state index contributed by atoms with van der Waals surface area (Å²) in [5.74, 6) is 0.794. The molecule has 4 heterocycles. The maximum atomic E-state index is 15.5. The summed E-state index contributed by atoms with van der Waals surface area (Å²) >= 11 is 0. The molecule has 0 saturated heterocycles. The van der Waals surface area contributed by atoms with Crippen LogP contribution in [0, 0.1) is 11.3 Å². The van der Waals surface area contributed by atoms with Crippen molar-refractivity contribution in [2.75, 3.05) is 5.32 Å². The number of hydrogen-bond donors (Lipinski definition) is 2. The molecule has 190 valence electrons. The molecule has 0 aliphatic heterocycles. The van der Waals surface area contributed by atoms with E-state index in [0.29, 0.717) is 59.8 Å². The SMILES string of the molecule is CC(C)Nc1cc(-n2ccc3cc(C#N)cnc32)ncc1C(=O)N[C@H]1CC[C@](F)(c2nccn2C)CC1. The Morgan fingerprint density at radius 3 is 2.65 bits per heavy atom. The molecule has 1 aliphatic carbocycles. The number of aromatic nitrogens is 5. The molecule has 0 unspecified atom stereocenters. The number of nitrogens with zero attached hydrogens (tertiary/aromatic N) is 6. The van der Waals surface area contributed by atoms with Crippen molar-refractivity contribution >= 4 is 22.6 Å². The summed E-state index contributed by atoms with van der Waals surface area (Å²) in [5, 5.41) is 16.4. The summed E-state index contributed by atoms with van der Waals surface area (Å²) in [6, 6.07) is 7.53. The van der Waals surface area contributed by atoms with Crippen LogP contribution in [0.3, 0.4) is 0 Å². The summed E-state index contributed by atoms with van der Waals surface area (Å²) in [4.78, 5) is 26.5. The molecule has 1 saturated carbocycles. The van der Waals surface area contributed by atoms with E-state index in [9.17, 15) is 4.79 Å². The van der Waals surface area contributed by atoms with E-state index in [0.717, 1.165) is 5.39 Å². The summed E-state index contributed by atoms with van der Waals surface area (Å²) in [7, 11) is 1.80. The number of alkyl halides is 1. The van der Waals surface area contributed by atoms with E-state index in [2.05, 4.69) is 31.7 Å². The minimum Gasteiger partial charge on any atom is -0.382 e. The summed E-state index contributed by atoms with van der Waals surface area (Å²) in [6.45, 7) is 3.99. The average Bonchev–Trinajstić information content (AvgIpc) is 3.51. The van der Waals surface area contributed by atoms with Crippen molar-refractivity contribution in [2.45, 2.75) is 57.3 Å². The van der Waals surface area contributed by atoms with Crippen molar-refractivity contribution < 1.29 is 9.18 Å². The average molecular weight is 501 g/mol. The number of pyridine rings is 2. The Morgan fingerprint density at radius 2 is 1.97 bits per heavy atom. The molecule has 1 amide bonds. The highest BCUT2D eigenvalue weighted by atomic mass is 19.1. The highest BCUT2D eigenvalue weighted by Crippen LogP contribution is 2.40. The number of hydrogen-bond acceptors (Lipinski definition) is 6. The lowest BCUT2D eigenvalue weighted by Gasteiger charge is -2.33. The zero-order valence-electron chi connectivity index (χ0n) is 21.1. The van der Waals surface area contributed by atoms with E-state index in [1.165, 1.54) is 6.20 Å². The van der Waals surface area contributed by atoms with Gasteiger partial charge in [-0.3, -0.25) is 9.36 Å². The number of carbonyl (C=O) groups is 1. The second-order valence-electron chi connectivity index (χ2n) is 9.90. The molecule has 10 heteroatoms. The van der Waals surface area contributed by atoms with Gasteiger partial charge in [-0.2, -0.15) is 5.26 Å². The first-order valence-corrected chi connectivity index (χ1v) is 12.4. The molecular formula is C27H29FN8O. The second-order valence-corrected chi connectivity index (χ2v) is 9.90. The molecule has 0 aromatic carbocycles. The number of halogens is 1. The van der Waals surface area contributed by atoms with Crippen molar-refractivity contribution in [3.63, 3.8) is 0 Å². The molecular weight excluding hydrogens is 471 g/mol. The monoisotopic (exact) mass is 500 g/mol. The van der Waals surface area contributed by atoms with Gasteiger partial charge in [-0.05, 0) is 51.7 Å². The third kappa shape index (κ3) is 4.77. The Balaban J connectivity index is 1.35. The van der Waals surface area contributed by atoms with Crippen LogP contribution in [-0.2, 0) is 12.7 Å². The molecule has 0 bridgehead atoms. The van der Waals surface area contributed by atoms with Gasteiger partial charge in [0.05, 0.1) is 16.8 Å². The molecule has 0 radical (unpaired) electrons. The number of aryl methyl sites for hydroxylation is 1. The first-order chi connectivity index (χ1) is 17.8. The van der Waals surface area contributed by atoms with Gasteiger partial charge in [-0.1, -0.05) is 0 Å². The van der Waals surface area contributed by atoms with E-state index >= 15 is 4.39 Å². The van der Waals surface area contributed by atoms with E-state index in [-0.39, 0.29) is 18.0 Å². The number of anilines is 1. The standard InChI is InChI=1S/C27H29FN8O/c1-17(2)33-22-13-23(36-10-6-19-12-18(14-29)15-32-24(19)36)31-16-21(22)25(37)34-20-4-7-27(28,8-5-20)26-30-9-11-35(26)3/h6,9-13,15-17,20H,4-5,7-8H2,1-3H3,(H,31,33)(H,34,37)/t20-,27+. The molecule has 1 aliphatic rings. The van der Waals surface area contributed by atoms with Gasteiger partial charge in [0.15, 0.2) is 5.67 Å². The number of nitrogens with one attached hydrogen (secondary N) is 2. The van der Waals surface area contributed by atoms with Crippen molar-refractivity contribution in [2.24, 2.45) is 7.05 Å². The number of imidazole rings is 1. The third-order valence-corrected chi connectivity index (χ3v) is 6.82. The third-order valence-electron chi connectivity index (χ3n) is 6.82. The minimum atomic E-state index is -1.48. The lowest BCUT2D eigenvalue weighted by atomic mass is 9.82. The van der Waals surface area contributed by atoms with Gasteiger partial charge >= 0.3 is 0 Å². The topological polar surface area (TPSA) is 113 Å². The maximum Gasteiger partial charge on any atom is 0.255 e. The Labute approximate surface area is 214 Å². The summed E-state index contributed by atoms with van der Waals surface area (Å²) in [5.41, 5.74) is 0.754. The molecule has 5 rings (SSSR count). The van der Waals surface area contributed by atoms with Crippen molar-refractivity contribution in [3.05, 3.63) is 66.1 Å². The Hall–Kier alpha value is -4.26. The number of fused-ring (bicyclic) bond motifs is 1. The van der Waals surface area contributed by atoms with Gasteiger partial charge in [0.1, 0.15) is 23.4 Å². The predicted molar refractivity (Wildman–Crippen MR) is 138 cm³/mol. The van der Waals surface area contributed by atoms with E-state index < -0.39 is 5.67 Å². The molecule has 9 nitrogen and oxygen atoms in total. The lowest BCUT2D eigenvalue weighted by molar-refractivity contribution is 0.0706. The maximum absolute atomic E-state index is 15.5. The highest BCUT2D eigenvalue weighted by molar-refractivity contribution is 5.99. The Morgan fingerprint density at radius 1 is 1.19 bits per heavy atom. The van der Waals surface area contributed by atoms with Crippen LogP contribution in [0.2, 0.25) is 0 Å². The van der Waals surface area contributed by atoms with E-state index in [1.54, 1.807) is 36.3 Å². The summed E-state index contributed by atoms with van der Waals surface area (Å²) < 4.78 is 19.1. The van der Waals surface area contributed by atoms with Crippen molar-refractivity contribution in [1.29, 1.82) is 5.26 Å². The number of nitriles is 1. The fraction of sp³-hybridized carbons (Fsp3) is 0.370. The molecule has 4 aromatic rings. The number of rotatable bonds is 6. The number of carbonyl (C=O) groups excluding carboxylic acids is 1. The fourth-order valence-corrected chi connectivity index (χ4v) is 4.96. The van der Waals surface area contributed by atoms with Gasteiger partial charge in [-0.15, -0.1) is 0 Å². The lowest BCUT2D eigenvalue weighted by Crippen LogP contribution is -2.41. The van der Waals surface area contributed by atoms with Crippen LogP contribution in [0.15, 0.2) is 49.2 Å². The van der Waals surface area contributed by atoms with Gasteiger partial charge < -0.3 is 15.2 Å². The van der Waals surface area contributed by atoms with E-state index in [4.69, 9.17) is 5.26 Å². The Kier molecular flexibility index (Phi) is 6.38. The van der Waals surface area contributed by atoms with Crippen molar-refractivity contribution in [3.8, 4) is 11.9 Å². The number of amides is 1. The quantitative estimate of drug-likeness (QED) is 0.406. The zero-order chi connectivity index (χ0) is 26.2. The molecule has 0 spiro atoms. The zero-order valence-corrected chi connectivity index (χ0v) is 21.1. The first-order valence-electron chi connectivity index (χ1n) is 12.4. The van der Waals surface area contributed by atoms with Gasteiger partial charge in [0, 0.05) is 61.6 Å².